The molecular formula is C14H19N3OS. The van der Waals surface area contributed by atoms with Crippen LogP contribution in [0.2, 0.25) is 0 Å². The van der Waals surface area contributed by atoms with Crippen LogP contribution in [0.5, 0.6) is 0 Å². The minimum Gasteiger partial charge on any atom is -0.316 e. The molecule has 1 aliphatic rings. The maximum absolute atomic E-state index is 11.9. The Balaban J connectivity index is 1.53. The summed E-state index contributed by atoms with van der Waals surface area (Å²) in [5.74, 6) is 3.24. The first-order valence-corrected chi connectivity index (χ1v) is 7.96. The highest BCUT2D eigenvalue weighted by molar-refractivity contribution is 7.99. The number of nitrogens with one attached hydrogen (secondary N) is 2. The zero-order chi connectivity index (χ0) is 13.1. The van der Waals surface area contributed by atoms with E-state index in [-0.39, 0.29) is 5.69 Å². The Morgan fingerprint density at radius 1 is 1.32 bits per heavy atom. The van der Waals surface area contributed by atoms with E-state index >= 15 is 0 Å². The zero-order valence-electron chi connectivity index (χ0n) is 10.9. The van der Waals surface area contributed by atoms with Gasteiger partial charge in [0.05, 0.1) is 11.0 Å². The van der Waals surface area contributed by atoms with Crippen LogP contribution < -0.4 is 11.0 Å². The molecule has 2 aromatic rings. The van der Waals surface area contributed by atoms with Crippen LogP contribution in [-0.2, 0) is 6.54 Å². The van der Waals surface area contributed by atoms with Crippen molar-refractivity contribution in [3.63, 3.8) is 0 Å². The maximum Gasteiger partial charge on any atom is 0.326 e. The minimum absolute atomic E-state index is 0.00870. The fourth-order valence-corrected chi connectivity index (χ4v) is 3.44. The Kier molecular flexibility index (Phi) is 3.94. The number of aromatic nitrogens is 2. The summed E-state index contributed by atoms with van der Waals surface area (Å²) in [6, 6.07) is 7.88. The van der Waals surface area contributed by atoms with Crippen LogP contribution in [0.25, 0.3) is 11.0 Å². The van der Waals surface area contributed by atoms with Gasteiger partial charge < -0.3 is 10.3 Å². The summed E-state index contributed by atoms with van der Waals surface area (Å²) in [5.41, 5.74) is 1.95. The molecule has 4 nitrogen and oxygen atoms in total. The van der Waals surface area contributed by atoms with E-state index in [1.165, 1.54) is 18.8 Å². The molecule has 0 spiro atoms. The molecule has 0 radical (unpaired) electrons. The lowest BCUT2D eigenvalue weighted by molar-refractivity contribution is 0.385. The van der Waals surface area contributed by atoms with E-state index in [0.29, 0.717) is 0 Å². The lowest BCUT2D eigenvalue weighted by atomic mass is 10.1. The average molecular weight is 277 g/mol. The normalized spacial score (nSPS) is 15.8. The number of hydrogen-bond acceptors (Lipinski definition) is 3. The van der Waals surface area contributed by atoms with Crippen molar-refractivity contribution in [2.24, 2.45) is 5.92 Å². The Morgan fingerprint density at radius 2 is 2.16 bits per heavy atom. The van der Waals surface area contributed by atoms with Crippen LogP contribution >= 0.6 is 11.8 Å². The summed E-state index contributed by atoms with van der Waals surface area (Å²) < 4.78 is 1.85. The molecule has 5 heteroatoms. The number of imidazole rings is 1. The molecule has 0 bridgehead atoms. The SMILES string of the molecule is O=c1[nH]c2ccccc2n1CCCSCC1CNC1. The maximum atomic E-state index is 11.9. The van der Waals surface area contributed by atoms with Crippen LogP contribution in [-0.4, -0.2) is 34.1 Å². The molecule has 0 unspecified atom stereocenters. The summed E-state index contributed by atoms with van der Waals surface area (Å²) in [4.78, 5) is 14.8. The van der Waals surface area contributed by atoms with Gasteiger partial charge in [0, 0.05) is 6.54 Å². The molecule has 102 valence electrons. The van der Waals surface area contributed by atoms with Crippen LogP contribution in [0.15, 0.2) is 29.1 Å². The van der Waals surface area contributed by atoms with Crippen molar-refractivity contribution in [2.45, 2.75) is 13.0 Å². The number of H-pyrrole nitrogens is 1. The van der Waals surface area contributed by atoms with Gasteiger partial charge in [-0.05, 0) is 49.1 Å². The van der Waals surface area contributed by atoms with Crippen LogP contribution in [0, 0.1) is 5.92 Å². The second-order valence-electron chi connectivity index (χ2n) is 5.05. The third-order valence-corrected chi connectivity index (χ3v) is 4.86. The molecular weight excluding hydrogens is 258 g/mol. The van der Waals surface area contributed by atoms with E-state index in [2.05, 4.69) is 10.3 Å². The third kappa shape index (κ3) is 2.87. The predicted molar refractivity (Wildman–Crippen MR) is 80.9 cm³/mol. The summed E-state index contributed by atoms with van der Waals surface area (Å²) in [7, 11) is 0. The van der Waals surface area contributed by atoms with Gasteiger partial charge in [-0.2, -0.15) is 11.8 Å². The van der Waals surface area contributed by atoms with Crippen molar-refractivity contribution in [2.75, 3.05) is 24.6 Å². The topological polar surface area (TPSA) is 49.8 Å². The molecule has 19 heavy (non-hydrogen) atoms. The largest absolute Gasteiger partial charge is 0.326 e. The summed E-state index contributed by atoms with van der Waals surface area (Å²) in [6.45, 7) is 3.16. The molecule has 1 aromatic heterocycles. The highest BCUT2D eigenvalue weighted by Crippen LogP contribution is 2.14. The summed E-state index contributed by atoms with van der Waals surface area (Å²) in [6.07, 6.45) is 1.05. The molecule has 2 heterocycles. The van der Waals surface area contributed by atoms with Crippen molar-refractivity contribution < 1.29 is 0 Å². The van der Waals surface area contributed by atoms with Crippen molar-refractivity contribution in [3.8, 4) is 0 Å². The smallest absolute Gasteiger partial charge is 0.316 e. The molecule has 0 atom stereocenters. The van der Waals surface area contributed by atoms with Gasteiger partial charge in [0.15, 0.2) is 0 Å². The highest BCUT2D eigenvalue weighted by atomic mass is 32.2. The van der Waals surface area contributed by atoms with Crippen LogP contribution in [0.1, 0.15) is 6.42 Å². The molecule has 0 aliphatic carbocycles. The van der Waals surface area contributed by atoms with Gasteiger partial charge in [-0.3, -0.25) is 4.57 Å². The number of aryl methyl sites for hydroxylation is 1. The van der Waals surface area contributed by atoms with Gasteiger partial charge in [-0.1, -0.05) is 12.1 Å². The number of fused-ring (bicyclic) bond motifs is 1. The molecule has 1 saturated heterocycles. The second kappa shape index (κ2) is 5.84. The van der Waals surface area contributed by atoms with Gasteiger partial charge in [0.25, 0.3) is 0 Å². The van der Waals surface area contributed by atoms with E-state index in [1.54, 1.807) is 0 Å². The molecule has 1 aliphatic heterocycles. The van der Waals surface area contributed by atoms with E-state index in [0.717, 1.165) is 35.7 Å². The zero-order valence-corrected chi connectivity index (χ0v) is 11.7. The number of benzene rings is 1. The van der Waals surface area contributed by atoms with Crippen molar-refractivity contribution in [1.29, 1.82) is 0 Å². The van der Waals surface area contributed by atoms with Gasteiger partial charge in [-0.25, -0.2) is 4.79 Å². The van der Waals surface area contributed by atoms with Gasteiger partial charge >= 0.3 is 5.69 Å². The van der Waals surface area contributed by atoms with Gasteiger partial charge in [0.2, 0.25) is 0 Å². The van der Waals surface area contributed by atoms with E-state index in [9.17, 15) is 4.79 Å². The summed E-state index contributed by atoms with van der Waals surface area (Å²) in [5, 5.41) is 3.29. The average Bonchev–Trinajstić information content (AvgIpc) is 2.67. The molecule has 2 N–H and O–H groups in total. The van der Waals surface area contributed by atoms with E-state index in [1.807, 2.05) is 40.6 Å². The summed E-state index contributed by atoms with van der Waals surface area (Å²) >= 11 is 2.00. The number of aromatic amines is 1. The van der Waals surface area contributed by atoms with Crippen molar-refractivity contribution >= 4 is 22.8 Å². The second-order valence-corrected chi connectivity index (χ2v) is 6.20. The third-order valence-electron chi connectivity index (χ3n) is 3.57. The van der Waals surface area contributed by atoms with Gasteiger partial charge in [0.1, 0.15) is 0 Å². The first-order chi connectivity index (χ1) is 9.34. The number of rotatable bonds is 6. The standard InChI is InChI=1S/C14H19N3OS/c18-14-16-12-4-1-2-5-13(12)17(14)6-3-7-19-10-11-8-15-9-11/h1-2,4-5,11,15H,3,6-10H2,(H,16,18). The molecule has 1 fully saturated rings. The lowest BCUT2D eigenvalue weighted by Gasteiger charge is -2.26. The molecule has 3 rings (SSSR count). The number of nitrogens with zero attached hydrogens (tertiary/aromatic N) is 1. The quantitative estimate of drug-likeness (QED) is 0.790. The lowest BCUT2D eigenvalue weighted by Crippen LogP contribution is -2.43. The van der Waals surface area contributed by atoms with Gasteiger partial charge in [-0.15, -0.1) is 0 Å². The number of para-hydroxylation sites is 2. The first kappa shape index (κ1) is 12.8. The van der Waals surface area contributed by atoms with Crippen LogP contribution in [0.4, 0.5) is 0 Å². The number of thioether (sulfide) groups is 1. The first-order valence-electron chi connectivity index (χ1n) is 6.80. The fraction of sp³-hybridized carbons (Fsp3) is 0.500. The Labute approximate surface area is 116 Å². The molecule has 0 amide bonds. The van der Waals surface area contributed by atoms with Crippen molar-refractivity contribution in [3.05, 3.63) is 34.7 Å². The Morgan fingerprint density at radius 3 is 2.95 bits per heavy atom. The van der Waals surface area contributed by atoms with E-state index < -0.39 is 0 Å². The monoisotopic (exact) mass is 277 g/mol. The van der Waals surface area contributed by atoms with Crippen LogP contribution in [0.3, 0.4) is 0 Å². The van der Waals surface area contributed by atoms with E-state index in [4.69, 9.17) is 0 Å². The minimum atomic E-state index is 0.00870. The number of hydrogen-bond donors (Lipinski definition) is 2. The molecule has 1 aromatic carbocycles. The van der Waals surface area contributed by atoms with Crippen molar-refractivity contribution in [1.82, 2.24) is 14.9 Å². The Hall–Kier alpha value is -1.20. The fourth-order valence-electron chi connectivity index (χ4n) is 2.37. The predicted octanol–water partition coefficient (Wildman–Crippen LogP) is 1.67. The molecule has 0 saturated carbocycles. The highest BCUT2D eigenvalue weighted by Gasteiger charge is 2.15. The Bertz CT molecular complexity index is 600.